The molecule has 0 atom stereocenters. The molecule has 0 aliphatic heterocycles. The van der Waals surface area contributed by atoms with Crippen molar-refractivity contribution in [3.8, 4) is 0 Å². The molecule has 25 heavy (non-hydrogen) atoms. The van der Waals surface area contributed by atoms with Crippen molar-refractivity contribution in [1.82, 2.24) is 10.3 Å². The number of carbonyl (C=O) groups is 1. The van der Waals surface area contributed by atoms with Gasteiger partial charge in [0.2, 0.25) is 5.91 Å². The van der Waals surface area contributed by atoms with Gasteiger partial charge in [-0.1, -0.05) is 34.1 Å². The highest BCUT2D eigenvalue weighted by atomic mass is 79.9. The minimum atomic E-state index is 0.124. The molecule has 2 N–H and O–H groups in total. The van der Waals surface area contributed by atoms with E-state index in [0.717, 1.165) is 49.6 Å². The number of amides is 1. The van der Waals surface area contributed by atoms with Crippen molar-refractivity contribution < 1.29 is 4.79 Å². The van der Waals surface area contributed by atoms with Crippen LogP contribution >= 0.6 is 15.9 Å². The third-order valence-electron chi connectivity index (χ3n) is 4.72. The van der Waals surface area contributed by atoms with Gasteiger partial charge in [-0.15, -0.1) is 0 Å². The second kappa shape index (κ2) is 9.18. The standard InChI is InChI=1S/C20H26BrN3O/c21-12-11-19(25)22-13-5-6-14-23-20-15-7-1-3-9-17(15)24-18-10-4-2-8-16(18)20/h1,3,7,9H,2,4-6,8,10-14H2,(H,22,25)(H,23,24). The predicted molar refractivity (Wildman–Crippen MR) is 108 cm³/mol. The van der Waals surface area contributed by atoms with Gasteiger partial charge in [-0.05, 0) is 50.2 Å². The summed E-state index contributed by atoms with van der Waals surface area (Å²) in [6, 6.07) is 8.42. The molecule has 1 aliphatic rings. The molecule has 1 aromatic carbocycles. The first-order valence-corrected chi connectivity index (χ1v) is 10.4. The molecule has 0 radical (unpaired) electrons. The van der Waals surface area contributed by atoms with E-state index in [1.54, 1.807) is 0 Å². The van der Waals surface area contributed by atoms with Gasteiger partial charge in [0.05, 0.1) is 5.52 Å². The van der Waals surface area contributed by atoms with Crippen LogP contribution in [0.15, 0.2) is 24.3 Å². The fourth-order valence-electron chi connectivity index (χ4n) is 3.44. The van der Waals surface area contributed by atoms with E-state index in [1.165, 1.54) is 35.2 Å². The summed E-state index contributed by atoms with van der Waals surface area (Å²) in [5, 5.41) is 8.58. The summed E-state index contributed by atoms with van der Waals surface area (Å²) in [5.41, 5.74) is 5.06. The molecule has 0 saturated carbocycles. The highest BCUT2D eigenvalue weighted by Crippen LogP contribution is 2.33. The molecule has 1 aliphatic carbocycles. The van der Waals surface area contributed by atoms with Crippen molar-refractivity contribution in [3.05, 3.63) is 35.5 Å². The number of hydrogen-bond acceptors (Lipinski definition) is 3. The minimum absolute atomic E-state index is 0.124. The Morgan fingerprint density at radius 2 is 1.92 bits per heavy atom. The number of alkyl halides is 1. The van der Waals surface area contributed by atoms with Crippen molar-refractivity contribution in [2.45, 2.75) is 44.9 Å². The Balaban J connectivity index is 1.60. The molecule has 0 fully saturated rings. The molecule has 4 nitrogen and oxygen atoms in total. The van der Waals surface area contributed by atoms with Crippen LogP contribution < -0.4 is 10.6 Å². The van der Waals surface area contributed by atoms with Crippen LogP contribution in [0.4, 0.5) is 5.69 Å². The molecule has 0 saturated heterocycles. The Kier molecular flexibility index (Phi) is 6.68. The van der Waals surface area contributed by atoms with Crippen molar-refractivity contribution >= 4 is 38.4 Å². The molecule has 3 rings (SSSR count). The Morgan fingerprint density at radius 3 is 2.80 bits per heavy atom. The predicted octanol–water partition coefficient (Wildman–Crippen LogP) is 4.21. The summed E-state index contributed by atoms with van der Waals surface area (Å²) in [5.74, 6) is 0.124. The number of fused-ring (bicyclic) bond motifs is 2. The number of carbonyl (C=O) groups excluding carboxylic acids is 1. The maximum Gasteiger partial charge on any atom is 0.220 e. The second-order valence-electron chi connectivity index (χ2n) is 6.56. The minimum Gasteiger partial charge on any atom is -0.384 e. The number of aryl methyl sites for hydroxylation is 1. The lowest BCUT2D eigenvalue weighted by atomic mass is 9.92. The zero-order valence-electron chi connectivity index (χ0n) is 14.6. The normalized spacial score (nSPS) is 13.5. The molecular weight excluding hydrogens is 378 g/mol. The highest BCUT2D eigenvalue weighted by molar-refractivity contribution is 9.09. The number of nitrogens with one attached hydrogen (secondary N) is 2. The van der Waals surface area contributed by atoms with Gasteiger partial charge in [0.25, 0.3) is 0 Å². The first kappa shape index (κ1) is 18.2. The van der Waals surface area contributed by atoms with Gasteiger partial charge >= 0.3 is 0 Å². The number of aromatic nitrogens is 1. The number of pyridine rings is 1. The summed E-state index contributed by atoms with van der Waals surface area (Å²) < 4.78 is 0. The summed E-state index contributed by atoms with van der Waals surface area (Å²) in [4.78, 5) is 16.3. The van der Waals surface area contributed by atoms with Crippen LogP contribution in [0.25, 0.3) is 10.9 Å². The van der Waals surface area contributed by atoms with Crippen molar-refractivity contribution in [3.63, 3.8) is 0 Å². The third-order valence-corrected chi connectivity index (χ3v) is 5.11. The number of anilines is 1. The molecule has 134 valence electrons. The average Bonchev–Trinajstić information content (AvgIpc) is 2.64. The molecule has 0 spiro atoms. The van der Waals surface area contributed by atoms with E-state index in [0.29, 0.717) is 6.42 Å². The Hall–Kier alpha value is -1.62. The zero-order valence-corrected chi connectivity index (χ0v) is 16.2. The van der Waals surface area contributed by atoms with Crippen molar-refractivity contribution in [2.24, 2.45) is 0 Å². The Morgan fingerprint density at radius 1 is 1.12 bits per heavy atom. The number of para-hydroxylation sites is 1. The maximum atomic E-state index is 11.4. The quantitative estimate of drug-likeness (QED) is 0.512. The number of hydrogen-bond donors (Lipinski definition) is 2. The summed E-state index contributed by atoms with van der Waals surface area (Å²) in [6.45, 7) is 1.68. The fraction of sp³-hybridized carbons (Fsp3) is 0.500. The molecule has 0 bridgehead atoms. The van der Waals surface area contributed by atoms with E-state index in [4.69, 9.17) is 4.98 Å². The van der Waals surface area contributed by atoms with E-state index in [2.05, 4.69) is 50.8 Å². The third kappa shape index (κ3) is 4.72. The summed E-state index contributed by atoms with van der Waals surface area (Å²) in [6.07, 6.45) is 7.29. The molecule has 2 aromatic rings. The topological polar surface area (TPSA) is 54.0 Å². The van der Waals surface area contributed by atoms with Crippen LogP contribution in [0.5, 0.6) is 0 Å². The van der Waals surface area contributed by atoms with Gasteiger partial charge in [-0.2, -0.15) is 0 Å². The smallest absolute Gasteiger partial charge is 0.220 e. The van der Waals surface area contributed by atoms with E-state index in [9.17, 15) is 4.79 Å². The number of nitrogens with zero attached hydrogens (tertiary/aromatic N) is 1. The maximum absolute atomic E-state index is 11.4. The first-order chi connectivity index (χ1) is 12.3. The van der Waals surface area contributed by atoms with Crippen LogP contribution in [-0.2, 0) is 17.6 Å². The summed E-state index contributed by atoms with van der Waals surface area (Å²) >= 11 is 3.28. The summed E-state index contributed by atoms with van der Waals surface area (Å²) in [7, 11) is 0. The Labute approximate surface area is 157 Å². The molecular formula is C20H26BrN3O. The zero-order chi connectivity index (χ0) is 17.5. The largest absolute Gasteiger partial charge is 0.384 e. The van der Waals surface area contributed by atoms with Gasteiger partial charge in [-0.3, -0.25) is 9.78 Å². The van der Waals surface area contributed by atoms with Gasteiger partial charge in [0, 0.05) is 41.6 Å². The fourth-order valence-corrected chi connectivity index (χ4v) is 3.80. The van der Waals surface area contributed by atoms with Crippen molar-refractivity contribution in [1.29, 1.82) is 0 Å². The van der Waals surface area contributed by atoms with E-state index >= 15 is 0 Å². The van der Waals surface area contributed by atoms with Crippen LogP contribution in [0, 0.1) is 0 Å². The van der Waals surface area contributed by atoms with Crippen LogP contribution in [0.1, 0.15) is 43.4 Å². The molecule has 1 heterocycles. The Bertz CT molecular complexity index is 732. The van der Waals surface area contributed by atoms with E-state index < -0.39 is 0 Å². The lowest BCUT2D eigenvalue weighted by Crippen LogP contribution is -2.24. The highest BCUT2D eigenvalue weighted by Gasteiger charge is 2.17. The van der Waals surface area contributed by atoms with Crippen LogP contribution in [-0.4, -0.2) is 29.3 Å². The first-order valence-electron chi connectivity index (χ1n) is 9.26. The van der Waals surface area contributed by atoms with Gasteiger partial charge < -0.3 is 10.6 Å². The lowest BCUT2D eigenvalue weighted by molar-refractivity contribution is -0.120. The number of unbranched alkanes of at least 4 members (excludes halogenated alkanes) is 1. The van der Waals surface area contributed by atoms with E-state index in [-0.39, 0.29) is 5.91 Å². The number of benzene rings is 1. The van der Waals surface area contributed by atoms with Gasteiger partial charge in [-0.25, -0.2) is 0 Å². The van der Waals surface area contributed by atoms with Crippen LogP contribution in [0.3, 0.4) is 0 Å². The van der Waals surface area contributed by atoms with E-state index in [1.807, 2.05) is 0 Å². The average molecular weight is 404 g/mol. The number of rotatable bonds is 8. The SMILES string of the molecule is O=C(CCBr)NCCCCNc1c2c(nc3ccccc13)CCCC2. The lowest BCUT2D eigenvalue weighted by Gasteiger charge is -2.21. The molecule has 0 unspecified atom stereocenters. The van der Waals surface area contributed by atoms with Gasteiger partial charge in [0.15, 0.2) is 0 Å². The monoisotopic (exact) mass is 403 g/mol. The molecule has 1 amide bonds. The van der Waals surface area contributed by atoms with Gasteiger partial charge in [0.1, 0.15) is 0 Å². The molecule has 5 heteroatoms. The molecule has 1 aromatic heterocycles. The number of halogens is 1. The second-order valence-corrected chi connectivity index (χ2v) is 7.35. The van der Waals surface area contributed by atoms with Crippen molar-refractivity contribution in [2.75, 3.05) is 23.7 Å². The van der Waals surface area contributed by atoms with Crippen LogP contribution in [0.2, 0.25) is 0 Å².